The van der Waals surface area contributed by atoms with E-state index in [1.165, 1.54) is 154 Å². The molecule has 1 amide bonds. The van der Waals surface area contributed by atoms with Gasteiger partial charge in [-0.05, 0) is 64.2 Å². The van der Waals surface area contributed by atoms with Crippen molar-refractivity contribution in [1.82, 2.24) is 5.32 Å². The summed E-state index contributed by atoms with van der Waals surface area (Å²) >= 11 is 0. The molecule has 0 saturated carbocycles. The summed E-state index contributed by atoms with van der Waals surface area (Å²) < 4.78 is 0. The molecule has 0 bridgehead atoms. The van der Waals surface area contributed by atoms with E-state index in [0.717, 1.165) is 51.4 Å². The number of unbranched alkanes of at least 4 members (excludes halogenated alkanes) is 27. The van der Waals surface area contributed by atoms with Gasteiger partial charge < -0.3 is 20.6 Å². The van der Waals surface area contributed by atoms with Gasteiger partial charge in [-0.25, -0.2) is 0 Å². The van der Waals surface area contributed by atoms with Gasteiger partial charge in [-0.2, -0.15) is 0 Å². The molecule has 0 rings (SSSR count). The molecule has 0 aromatic rings. The van der Waals surface area contributed by atoms with Gasteiger partial charge in [0.15, 0.2) is 0 Å². The Hall–Kier alpha value is -1.69. The fourth-order valence-corrected chi connectivity index (χ4v) is 6.97. The molecule has 0 aliphatic carbocycles. The molecule has 0 aliphatic heterocycles. The molecule has 0 spiro atoms. The van der Waals surface area contributed by atoms with E-state index in [0.29, 0.717) is 6.42 Å². The Bertz CT molecular complexity index is 881. The van der Waals surface area contributed by atoms with E-state index in [-0.39, 0.29) is 18.9 Å². The Morgan fingerprint density at radius 1 is 0.481 bits per heavy atom. The average molecular weight is 758 g/mol. The summed E-state index contributed by atoms with van der Waals surface area (Å²) in [7, 11) is 0. The number of rotatable bonds is 42. The summed E-state index contributed by atoms with van der Waals surface area (Å²) in [4.78, 5) is 12.4. The summed E-state index contributed by atoms with van der Waals surface area (Å²) in [6.07, 6.45) is 56.9. The van der Waals surface area contributed by atoms with Crippen LogP contribution < -0.4 is 5.32 Å². The molecule has 4 N–H and O–H groups in total. The van der Waals surface area contributed by atoms with Crippen LogP contribution in [0.25, 0.3) is 0 Å². The highest BCUT2D eigenvalue weighted by Crippen LogP contribution is 2.14. The standard InChI is InChI=1S/C49H91NO4/c1-3-5-7-9-11-13-15-17-19-21-23-24-25-26-28-30-32-34-36-38-40-42-46(52)44-49(54)50-47(45-51)48(53)43-41-39-37-35-33-31-29-27-22-20-18-16-14-12-10-8-6-4-2/h23-24,26,28,33,35,41,43,46-48,51-53H,3-22,25,27,29-32,34,36-40,42,44-45H2,1-2H3,(H,50,54)/b24-23-,28-26-,35-33+,43-41+. The number of carbonyl (C=O) groups excluding carboxylic acids is 1. The van der Waals surface area contributed by atoms with Gasteiger partial charge in [0.25, 0.3) is 0 Å². The van der Waals surface area contributed by atoms with Gasteiger partial charge >= 0.3 is 0 Å². The Balaban J connectivity index is 3.72. The lowest BCUT2D eigenvalue weighted by molar-refractivity contribution is -0.124. The molecule has 5 heteroatoms. The van der Waals surface area contributed by atoms with E-state index in [1.807, 2.05) is 6.08 Å². The van der Waals surface area contributed by atoms with Crippen LogP contribution >= 0.6 is 0 Å². The number of aliphatic hydroxyl groups excluding tert-OH is 3. The zero-order valence-corrected chi connectivity index (χ0v) is 35.8. The number of hydrogen-bond acceptors (Lipinski definition) is 4. The maximum Gasteiger partial charge on any atom is 0.222 e. The minimum absolute atomic E-state index is 0.00461. The number of hydrogen-bond donors (Lipinski definition) is 4. The minimum atomic E-state index is -0.957. The molecule has 0 heterocycles. The second-order valence-electron chi connectivity index (χ2n) is 16.0. The van der Waals surface area contributed by atoms with Crippen molar-refractivity contribution in [3.63, 3.8) is 0 Å². The van der Waals surface area contributed by atoms with E-state index < -0.39 is 18.2 Å². The second kappa shape index (κ2) is 44.0. The monoisotopic (exact) mass is 758 g/mol. The molecular weight excluding hydrogens is 667 g/mol. The Morgan fingerprint density at radius 3 is 1.30 bits per heavy atom. The van der Waals surface area contributed by atoms with E-state index >= 15 is 0 Å². The number of amides is 1. The first-order valence-corrected chi connectivity index (χ1v) is 23.4. The number of allylic oxidation sites excluding steroid dienone is 7. The van der Waals surface area contributed by atoms with Gasteiger partial charge in [-0.3, -0.25) is 4.79 Å². The number of aliphatic hydroxyl groups is 3. The summed E-state index contributed by atoms with van der Waals surface area (Å²) in [6.45, 7) is 4.20. The molecule has 0 aromatic heterocycles. The van der Waals surface area contributed by atoms with E-state index in [9.17, 15) is 20.1 Å². The molecule has 316 valence electrons. The zero-order valence-electron chi connectivity index (χ0n) is 35.8. The lowest BCUT2D eigenvalue weighted by atomic mass is 10.0. The first-order valence-electron chi connectivity index (χ1n) is 23.4. The smallest absolute Gasteiger partial charge is 0.222 e. The molecule has 0 aliphatic rings. The third kappa shape index (κ3) is 40.0. The van der Waals surface area contributed by atoms with Crippen LogP contribution in [-0.4, -0.2) is 46.1 Å². The molecular formula is C49H91NO4. The van der Waals surface area contributed by atoms with Crippen molar-refractivity contribution in [2.24, 2.45) is 0 Å². The average Bonchev–Trinajstić information content (AvgIpc) is 3.16. The topological polar surface area (TPSA) is 89.8 Å². The van der Waals surface area contributed by atoms with E-state index in [4.69, 9.17) is 0 Å². The fourth-order valence-electron chi connectivity index (χ4n) is 6.97. The highest BCUT2D eigenvalue weighted by Gasteiger charge is 2.20. The van der Waals surface area contributed by atoms with Crippen molar-refractivity contribution in [2.75, 3.05) is 6.61 Å². The van der Waals surface area contributed by atoms with Crippen LogP contribution in [0.4, 0.5) is 0 Å². The number of nitrogens with one attached hydrogen (secondary N) is 1. The maximum absolute atomic E-state index is 12.4. The molecule has 5 nitrogen and oxygen atoms in total. The van der Waals surface area contributed by atoms with Gasteiger partial charge in [-0.1, -0.05) is 210 Å². The van der Waals surface area contributed by atoms with E-state index in [1.54, 1.807) is 6.08 Å². The summed E-state index contributed by atoms with van der Waals surface area (Å²) in [5.74, 6) is -0.333. The van der Waals surface area contributed by atoms with Crippen molar-refractivity contribution in [3.05, 3.63) is 48.6 Å². The Kier molecular flexibility index (Phi) is 42.7. The summed E-state index contributed by atoms with van der Waals surface area (Å²) in [5.41, 5.74) is 0. The van der Waals surface area contributed by atoms with Crippen LogP contribution in [0.15, 0.2) is 48.6 Å². The van der Waals surface area contributed by atoms with Gasteiger partial charge in [-0.15, -0.1) is 0 Å². The lowest BCUT2D eigenvalue weighted by Gasteiger charge is -2.20. The normalized spacial score (nSPS) is 13.9. The first-order chi connectivity index (χ1) is 26.5. The van der Waals surface area contributed by atoms with Crippen LogP contribution in [0.3, 0.4) is 0 Å². The summed E-state index contributed by atoms with van der Waals surface area (Å²) in [6, 6.07) is -0.767. The van der Waals surface area contributed by atoms with Crippen LogP contribution in [0.2, 0.25) is 0 Å². The van der Waals surface area contributed by atoms with Crippen molar-refractivity contribution in [1.29, 1.82) is 0 Å². The largest absolute Gasteiger partial charge is 0.394 e. The molecule has 3 unspecified atom stereocenters. The zero-order chi connectivity index (χ0) is 39.4. The highest BCUT2D eigenvalue weighted by molar-refractivity contribution is 5.76. The Labute approximate surface area is 336 Å². The predicted octanol–water partition coefficient (Wildman–Crippen LogP) is 13.7. The van der Waals surface area contributed by atoms with Gasteiger partial charge in [0.2, 0.25) is 5.91 Å². The molecule has 0 radical (unpaired) electrons. The Morgan fingerprint density at radius 2 is 0.852 bits per heavy atom. The van der Waals surface area contributed by atoms with Crippen LogP contribution in [0, 0.1) is 0 Å². The van der Waals surface area contributed by atoms with Gasteiger partial charge in [0, 0.05) is 0 Å². The SMILES string of the molecule is CCCCCCCCCCC/C=C\C/C=C\CCCCCCCC(O)CC(=O)NC(CO)C(O)/C=C/CC/C=C/CCCCCCCCCCCCCC. The van der Waals surface area contributed by atoms with Crippen LogP contribution in [-0.2, 0) is 4.79 Å². The van der Waals surface area contributed by atoms with Crippen LogP contribution in [0.1, 0.15) is 232 Å². The molecule has 54 heavy (non-hydrogen) atoms. The second-order valence-corrected chi connectivity index (χ2v) is 16.0. The van der Waals surface area contributed by atoms with Crippen molar-refractivity contribution >= 4 is 5.91 Å². The maximum atomic E-state index is 12.4. The van der Waals surface area contributed by atoms with Crippen molar-refractivity contribution in [2.45, 2.75) is 250 Å². The number of carbonyl (C=O) groups is 1. The summed E-state index contributed by atoms with van der Waals surface area (Å²) in [5, 5.41) is 33.2. The van der Waals surface area contributed by atoms with Gasteiger partial charge in [0.1, 0.15) is 0 Å². The minimum Gasteiger partial charge on any atom is -0.394 e. The molecule has 0 aromatic carbocycles. The quantitative estimate of drug-likeness (QED) is 0.0369. The third-order valence-corrected chi connectivity index (χ3v) is 10.6. The molecule has 0 fully saturated rings. The first kappa shape index (κ1) is 52.3. The third-order valence-electron chi connectivity index (χ3n) is 10.6. The lowest BCUT2D eigenvalue weighted by Crippen LogP contribution is -2.45. The van der Waals surface area contributed by atoms with Gasteiger partial charge in [0.05, 0.1) is 31.3 Å². The molecule has 0 saturated heterocycles. The fraction of sp³-hybridized carbons (Fsp3) is 0.816. The van der Waals surface area contributed by atoms with Crippen molar-refractivity contribution in [3.8, 4) is 0 Å². The predicted molar refractivity (Wildman–Crippen MR) is 236 cm³/mol. The highest BCUT2D eigenvalue weighted by atomic mass is 16.3. The van der Waals surface area contributed by atoms with Crippen LogP contribution in [0.5, 0.6) is 0 Å². The van der Waals surface area contributed by atoms with E-state index in [2.05, 4.69) is 55.6 Å². The van der Waals surface area contributed by atoms with Crippen molar-refractivity contribution < 1.29 is 20.1 Å². The molecule has 3 atom stereocenters.